The lowest BCUT2D eigenvalue weighted by Gasteiger charge is -2.48. The molecule has 0 unspecified atom stereocenters. The van der Waals surface area contributed by atoms with Gasteiger partial charge < -0.3 is 86.6 Å². The average Bonchev–Trinajstić information content (AvgIpc) is 3.40. The summed E-state index contributed by atoms with van der Waals surface area (Å²) in [6, 6.07) is 8.91. The van der Waals surface area contributed by atoms with Crippen molar-refractivity contribution < 1.29 is 124 Å². The molecule has 29 heteroatoms. The number of rotatable bonds is 29. The molecule has 2 heterocycles. The van der Waals surface area contributed by atoms with E-state index in [1.807, 2.05) is 6.07 Å². The van der Waals surface area contributed by atoms with Crippen LogP contribution < -0.4 is 10.6 Å². The number of benzene rings is 1. The Hall–Kier alpha value is -7.05. The minimum Gasteiger partial charge on any atom is -0.463 e. The van der Waals surface area contributed by atoms with Crippen molar-refractivity contribution in [3.05, 3.63) is 35.9 Å². The number of hydrogen-bond acceptors (Lipinski definition) is 26. The van der Waals surface area contributed by atoms with Gasteiger partial charge in [0.05, 0.1) is 33.0 Å². The topological polar surface area (TPSA) is 354 Å². The fraction of sp³-hybridized carbons (Fsp3) is 0.660. The Balaban J connectivity index is 1.67. The molecule has 29 nitrogen and oxygen atoms in total. The van der Waals surface area contributed by atoms with Gasteiger partial charge in [-0.3, -0.25) is 47.9 Å². The predicted molar refractivity (Wildman–Crippen MR) is 261 cm³/mol. The van der Waals surface area contributed by atoms with E-state index in [0.717, 1.165) is 58.9 Å². The second-order valence-electron chi connectivity index (χ2n) is 18.4. The maximum Gasteiger partial charge on any atom is 0.407 e. The minimum atomic E-state index is -1.91. The average molecular weight is 1130 g/mol. The van der Waals surface area contributed by atoms with E-state index in [1.165, 1.54) is 0 Å². The summed E-state index contributed by atoms with van der Waals surface area (Å²) in [5, 5.41) is 4.85. The van der Waals surface area contributed by atoms with Crippen LogP contribution in [-0.4, -0.2) is 210 Å². The standard InChI is InChI=1S/C50H71N3O26/c1-28(54)68-25-36-42(78-48-46(75-34(7)60)44(73-32(5)58)41(71-30(3)56)37(77-48)26-69-29(2)55)43(72-31(4)57)45(74-33(6)59)47(76-36)52-38(61)27-67-21-20-66-19-18-65-17-16-53(23-40(63)79-50(8,9)10)39(62)22-51-49(64)70-24-35-14-12-11-13-15-35/h11-15,36-37,41-48H,16-27H2,1-10H3,(H,51,64)(H,52,61)/t36-,37-,41+,42-,43+,44+,45-,46-,47-,48+/m1/s1. The normalized spacial score (nSPS) is 22.6. The van der Waals surface area contributed by atoms with Gasteiger partial charge in [-0.25, -0.2) is 4.79 Å². The smallest absolute Gasteiger partial charge is 0.407 e. The Labute approximate surface area is 455 Å². The first kappa shape index (κ1) is 66.2. The second-order valence-corrected chi connectivity index (χ2v) is 18.4. The van der Waals surface area contributed by atoms with E-state index in [9.17, 15) is 52.7 Å². The van der Waals surface area contributed by atoms with Crippen LogP contribution in [0.25, 0.3) is 0 Å². The lowest BCUT2D eigenvalue weighted by Crippen LogP contribution is -2.69. The summed E-state index contributed by atoms with van der Waals surface area (Å²) in [7, 11) is 0. The van der Waals surface area contributed by atoms with Crippen LogP contribution in [-0.2, 0) is 126 Å². The van der Waals surface area contributed by atoms with Gasteiger partial charge in [0, 0.05) is 55.0 Å². The van der Waals surface area contributed by atoms with Gasteiger partial charge in [0.1, 0.15) is 63.4 Å². The van der Waals surface area contributed by atoms with Crippen molar-refractivity contribution in [1.82, 2.24) is 15.5 Å². The maximum absolute atomic E-state index is 13.4. The Morgan fingerprint density at radius 3 is 1.59 bits per heavy atom. The Bertz CT molecular complexity index is 2220. The minimum absolute atomic E-state index is 0.0170. The number of esters is 8. The van der Waals surface area contributed by atoms with E-state index >= 15 is 0 Å². The summed E-state index contributed by atoms with van der Waals surface area (Å²) in [5.41, 5.74) is -0.0795. The Morgan fingerprint density at radius 2 is 1.05 bits per heavy atom. The number of amides is 3. The highest BCUT2D eigenvalue weighted by atomic mass is 16.8. The number of hydrogen-bond donors (Lipinski definition) is 2. The summed E-state index contributed by atoms with van der Waals surface area (Å²) in [6.45, 7) is 9.06. The molecule has 1 aromatic rings. The molecule has 0 spiro atoms. The molecule has 2 fully saturated rings. The zero-order valence-electron chi connectivity index (χ0n) is 45.7. The van der Waals surface area contributed by atoms with Crippen LogP contribution in [0.1, 0.15) is 74.8 Å². The molecule has 0 bridgehead atoms. The Morgan fingerprint density at radius 1 is 0.557 bits per heavy atom. The molecule has 1 aromatic carbocycles. The first-order valence-corrected chi connectivity index (χ1v) is 24.8. The van der Waals surface area contributed by atoms with Gasteiger partial charge in [-0.15, -0.1) is 0 Å². The first-order chi connectivity index (χ1) is 37.2. The third kappa shape index (κ3) is 25.5. The van der Waals surface area contributed by atoms with Gasteiger partial charge in [0.25, 0.3) is 0 Å². The molecule has 2 aliphatic rings. The molecule has 2 N–H and O–H groups in total. The number of nitrogens with one attached hydrogen (secondary N) is 2. The summed E-state index contributed by atoms with van der Waals surface area (Å²) in [6.07, 6.45) is -17.8. The molecule has 0 aromatic heterocycles. The van der Waals surface area contributed by atoms with Crippen LogP contribution in [0.2, 0.25) is 0 Å². The van der Waals surface area contributed by atoms with E-state index in [0.29, 0.717) is 0 Å². The molecule has 10 atom stereocenters. The number of carbonyl (C=O) groups excluding carboxylic acids is 11. The summed E-state index contributed by atoms with van der Waals surface area (Å²) < 4.78 is 83.5. The van der Waals surface area contributed by atoms with Crippen LogP contribution in [0.4, 0.5) is 4.79 Å². The van der Waals surface area contributed by atoms with Crippen molar-refractivity contribution in [2.24, 2.45) is 0 Å². The summed E-state index contributed by atoms with van der Waals surface area (Å²) in [4.78, 5) is 139. The zero-order valence-corrected chi connectivity index (χ0v) is 45.7. The largest absolute Gasteiger partial charge is 0.463 e. The van der Waals surface area contributed by atoms with Gasteiger partial charge in [0.15, 0.2) is 43.0 Å². The van der Waals surface area contributed by atoms with E-state index in [-0.39, 0.29) is 46.2 Å². The predicted octanol–water partition coefficient (Wildman–Crippen LogP) is -0.131. The summed E-state index contributed by atoms with van der Waals surface area (Å²) >= 11 is 0. The van der Waals surface area contributed by atoms with E-state index in [1.54, 1.807) is 45.0 Å². The number of carbonyl (C=O) groups is 11. The van der Waals surface area contributed by atoms with Crippen LogP contribution >= 0.6 is 0 Å². The molecule has 3 rings (SSSR count). The lowest BCUT2D eigenvalue weighted by molar-refractivity contribution is -0.345. The van der Waals surface area contributed by atoms with Crippen molar-refractivity contribution in [2.45, 2.75) is 143 Å². The van der Waals surface area contributed by atoms with Crippen LogP contribution in [0, 0.1) is 0 Å². The molecular weight excluding hydrogens is 1060 g/mol. The van der Waals surface area contributed by atoms with Crippen LogP contribution in [0.15, 0.2) is 30.3 Å². The van der Waals surface area contributed by atoms with Gasteiger partial charge >= 0.3 is 53.8 Å². The second kappa shape index (κ2) is 33.4. The molecule has 79 heavy (non-hydrogen) atoms. The van der Waals surface area contributed by atoms with Crippen molar-refractivity contribution in [2.75, 3.05) is 72.5 Å². The maximum atomic E-state index is 13.4. The fourth-order valence-electron chi connectivity index (χ4n) is 7.46. The van der Waals surface area contributed by atoms with Gasteiger partial charge in [-0.05, 0) is 26.3 Å². The van der Waals surface area contributed by atoms with Crippen molar-refractivity contribution in [3.63, 3.8) is 0 Å². The van der Waals surface area contributed by atoms with E-state index < -0.39 is 166 Å². The number of alkyl carbamates (subject to hydrolysis) is 1. The highest BCUT2D eigenvalue weighted by molar-refractivity contribution is 5.85. The van der Waals surface area contributed by atoms with Gasteiger partial charge in [0.2, 0.25) is 11.8 Å². The van der Waals surface area contributed by atoms with Crippen LogP contribution in [0.5, 0.6) is 0 Å². The van der Waals surface area contributed by atoms with Crippen molar-refractivity contribution in [1.29, 1.82) is 0 Å². The van der Waals surface area contributed by atoms with Crippen LogP contribution in [0.3, 0.4) is 0 Å². The van der Waals surface area contributed by atoms with Gasteiger partial charge in [-0.2, -0.15) is 0 Å². The van der Waals surface area contributed by atoms with E-state index in [4.69, 9.17) is 71.1 Å². The van der Waals surface area contributed by atoms with Crippen molar-refractivity contribution in [3.8, 4) is 0 Å². The fourth-order valence-corrected chi connectivity index (χ4v) is 7.46. The molecule has 2 saturated heterocycles. The number of ether oxygens (including phenoxy) is 15. The van der Waals surface area contributed by atoms with Crippen molar-refractivity contribution >= 4 is 65.7 Å². The Kier molecular flexibility index (Phi) is 28.0. The molecule has 442 valence electrons. The third-order valence-corrected chi connectivity index (χ3v) is 10.4. The molecule has 0 saturated carbocycles. The zero-order chi connectivity index (χ0) is 58.8. The molecule has 0 radical (unpaired) electrons. The summed E-state index contributed by atoms with van der Waals surface area (Å²) in [5.74, 6) is -8.57. The third-order valence-electron chi connectivity index (χ3n) is 10.4. The molecule has 3 amide bonds. The number of nitrogens with zero attached hydrogens (tertiary/aromatic N) is 1. The quantitative estimate of drug-likeness (QED) is 0.0599. The first-order valence-electron chi connectivity index (χ1n) is 24.8. The monoisotopic (exact) mass is 1130 g/mol. The SMILES string of the molecule is CC(=O)OC[C@H]1O[C@@H](O[C@H]2[C@H](OC(C)=O)[C@@H](OC(C)=O)[C@H](NC(=O)COCCOCCOCCN(CC(=O)OC(C)(C)C)C(=O)CNC(=O)OCc3ccccc3)O[C@@H]2COC(C)=O)[C@H](OC(C)=O)[C@@H](OC(C)=O)[C@H]1OC(C)=O. The highest BCUT2D eigenvalue weighted by Gasteiger charge is 2.57. The van der Waals surface area contributed by atoms with Gasteiger partial charge in [-0.1, -0.05) is 30.3 Å². The highest BCUT2D eigenvalue weighted by Crippen LogP contribution is 2.35. The molecular formula is C50H71N3O26. The van der Waals surface area contributed by atoms with E-state index in [2.05, 4.69) is 10.6 Å². The molecule has 0 aliphatic carbocycles. The lowest BCUT2D eigenvalue weighted by atomic mass is 9.95. The molecule has 2 aliphatic heterocycles.